The van der Waals surface area contributed by atoms with E-state index < -0.39 is 61.0 Å². The summed E-state index contributed by atoms with van der Waals surface area (Å²) < 4.78 is 17.8. The van der Waals surface area contributed by atoms with Crippen molar-refractivity contribution in [2.45, 2.75) is 93.1 Å². The molecule has 1 saturated heterocycles. The summed E-state index contributed by atoms with van der Waals surface area (Å²) in [7, 11) is 0. The predicted molar refractivity (Wildman–Crippen MR) is 167 cm³/mol. The van der Waals surface area contributed by atoms with Crippen molar-refractivity contribution < 1.29 is 34.3 Å². The quantitative estimate of drug-likeness (QED) is 0.0887. The maximum absolute atomic E-state index is 13.0. The molecule has 2 aliphatic rings. The summed E-state index contributed by atoms with van der Waals surface area (Å²) >= 11 is 0. The number of benzene rings is 1. The van der Waals surface area contributed by atoms with Crippen LogP contribution in [-0.2, 0) is 14.2 Å². The molecule has 0 spiro atoms. The number of rotatable bonds is 12. The van der Waals surface area contributed by atoms with Gasteiger partial charge in [-0.3, -0.25) is 14.8 Å². The molecule has 12 N–H and O–H groups in total. The van der Waals surface area contributed by atoms with E-state index in [1.54, 1.807) is 18.5 Å². The lowest BCUT2D eigenvalue weighted by molar-refractivity contribution is -0.291. The summed E-state index contributed by atoms with van der Waals surface area (Å²) in [6.07, 6.45) is -0.456. The molecule has 10 atom stereocenters. The maximum Gasteiger partial charge on any atom is 0.252 e. The number of carbonyl (C=O) groups excluding carboxylic acids is 1. The molecule has 3 aromatic rings. The van der Waals surface area contributed by atoms with Crippen LogP contribution in [-0.4, -0.2) is 112 Å². The largest absolute Gasteiger partial charge is 0.389 e. The van der Waals surface area contributed by atoms with Gasteiger partial charge >= 0.3 is 0 Å². The Balaban J connectivity index is 1.07. The van der Waals surface area contributed by atoms with E-state index in [0.717, 1.165) is 35.6 Å². The lowest BCUT2D eigenvalue weighted by Gasteiger charge is -2.46. The average Bonchev–Trinajstić information content (AvgIpc) is 3.05. The van der Waals surface area contributed by atoms with Gasteiger partial charge in [-0.15, -0.1) is 0 Å². The van der Waals surface area contributed by atoms with Crippen LogP contribution in [0.5, 0.6) is 0 Å². The zero-order chi connectivity index (χ0) is 32.1. The number of nitrogens with two attached hydrogens (primary N) is 4. The van der Waals surface area contributed by atoms with E-state index in [-0.39, 0.29) is 18.9 Å². The summed E-state index contributed by atoms with van der Waals surface area (Å²) in [6, 6.07) is 7.15. The fourth-order valence-electron chi connectivity index (χ4n) is 6.11. The molecule has 0 bridgehead atoms. The third-order valence-corrected chi connectivity index (χ3v) is 8.73. The molecule has 1 amide bonds. The van der Waals surface area contributed by atoms with E-state index in [0.29, 0.717) is 30.7 Å². The first-order chi connectivity index (χ1) is 21.7. The van der Waals surface area contributed by atoms with Crippen molar-refractivity contribution >= 4 is 27.7 Å². The smallest absolute Gasteiger partial charge is 0.252 e. The van der Waals surface area contributed by atoms with E-state index in [9.17, 15) is 20.1 Å². The topological polar surface area (TPSA) is 247 Å². The van der Waals surface area contributed by atoms with Gasteiger partial charge in [-0.2, -0.15) is 0 Å². The van der Waals surface area contributed by atoms with E-state index in [4.69, 9.17) is 37.1 Å². The van der Waals surface area contributed by atoms with Gasteiger partial charge in [-0.1, -0.05) is 31.0 Å². The Morgan fingerprint density at radius 1 is 0.911 bits per heavy atom. The number of nitrogens with zero attached hydrogens (tertiary/aromatic N) is 2. The summed E-state index contributed by atoms with van der Waals surface area (Å²) in [5, 5.41) is 36.1. The molecule has 1 saturated carbocycles. The van der Waals surface area contributed by atoms with Crippen LogP contribution in [0.1, 0.15) is 42.5 Å². The molecule has 14 heteroatoms. The van der Waals surface area contributed by atoms with Gasteiger partial charge in [-0.25, -0.2) is 0 Å². The monoisotopic (exact) mass is 627 g/mol. The average molecular weight is 628 g/mol. The number of unbranched alkanes of at least 4 members (excludes halogenated alkanes) is 3. The fourth-order valence-corrected chi connectivity index (χ4v) is 6.11. The van der Waals surface area contributed by atoms with E-state index in [1.807, 2.05) is 24.3 Å². The van der Waals surface area contributed by atoms with Crippen LogP contribution in [0.25, 0.3) is 21.8 Å². The maximum atomic E-state index is 13.0. The molecule has 1 aromatic carbocycles. The first-order valence-electron chi connectivity index (χ1n) is 15.6. The van der Waals surface area contributed by atoms with Gasteiger partial charge in [0.25, 0.3) is 5.91 Å². The van der Waals surface area contributed by atoms with Gasteiger partial charge in [0.05, 0.1) is 28.7 Å². The Hall–Kier alpha value is -2.89. The Labute approximate surface area is 261 Å². The molecule has 0 radical (unpaired) electrons. The normalized spacial score (nSPS) is 32.2. The number of ether oxygens (including phenoxy) is 3. The van der Waals surface area contributed by atoms with Crippen LogP contribution in [0.4, 0.5) is 0 Å². The van der Waals surface area contributed by atoms with Crippen LogP contribution in [0.2, 0.25) is 0 Å². The van der Waals surface area contributed by atoms with Crippen molar-refractivity contribution in [3.05, 3.63) is 48.3 Å². The van der Waals surface area contributed by atoms with E-state index in [2.05, 4.69) is 15.3 Å². The molecule has 45 heavy (non-hydrogen) atoms. The zero-order valence-electron chi connectivity index (χ0n) is 25.2. The van der Waals surface area contributed by atoms with Crippen molar-refractivity contribution in [2.75, 3.05) is 19.7 Å². The molecule has 246 valence electrons. The second kappa shape index (κ2) is 15.1. The van der Waals surface area contributed by atoms with E-state index >= 15 is 0 Å². The first-order valence-corrected chi connectivity index (χ1v) is 15.6. The molecular formula is C31H45N7O7. The molecule has 5 rings (SSSR count). The predicted octanol–water partition coefficient (Wildman–Crippen LogP) is -1.00. The molecule has 1 aliphatic heterocycles. The minimum Gasteiger partial charge on any atom is -0.389 e. The Morgan fingerprint density at radius 2 is 1.69 bits per heavy atom. The van der Waals surface area contributed by atoms with Gasteiger partial charge in [-0.05, 0) is 31.4 Å². The van der Waals surface area contributed by atoms with Gasteiger partial charge in [0.1, 0.15) is 30.5 Å². The third-order valence-electron chi connectivity index (χ3n) is 8.73. The van der Waals surface area contributed by atoms with Gasteiger partial charge in [0.15, 0.2) is 6.29 Å². The Bertz CT molecular complexity index is 1430. The number of fused-ring (bicyclic) bond motifs is 3. The van der Waals surface area contributed by atoms with Crippen LogP contribution in [0.3, 0.4) is 0 Å². The first kappa shape index (κ1) is 33.5. The highest BCUT2D eigenvalue weighted by Crippen LogP contribution is 2.29. The number of aromatic nitrogens is 2. The van der Waals surface area contributed by atoms with Gasteiger partial charge in [0, 0.05) is 54.9 Å². The summed E-state index contributed by atoms with van der Waals surface area (Å²) in [5.41, 5.74) is 26.2. The summed E-state index contributed by atoms with van der Waals surface area (Å²) in [4.78, 5) is 21.9. The molecule has 1 aliphatic carbocycles. The summed E-state index contributed by atoms with van der Waals surface area (Å²) in [5.74, 6) is -0.160. The molecule has 3 heterocycles. The molecule has 2 aromatic heterocycles. The SMILES string of the molecule is NCC1OC(OC2C(N)CC(N)C(O)C2OCCCCCCNC(=O)c2ccnc3c2ccc2cccnc23)C(N)C(O)C1O. The lowest BCUT2D eigenvalue weighted by atomic mass is 9.84. The number of aliphatic hydroxyl groups is 3. The molecular weight excluding hydrogens is 582 g/mol. The third kappa shape index (κ3) is 7.41. The highest BCUT2D eigenvalue weighted by Gasteiger charge is 2.48. The minimum atomic E-state index is -1.31. The Morgan fingerprint density at radius 3 is 2.49 bits per heavy atom. The number of pyridine rings is 2. The second-order valence-electron chi connectivity index (χ2n) is 11.9. The number of hydrogen-bond donors (Lipinski definition) is 8. The van der Waals surface area contributed by atoms with Gasteiger partial charge < -0.3 is 57.8 Å². The second-order valence-corrected chi connectivity index (χ2v) is 11.9. The minimum absolute atomic E-state index is 0.0472. The van der Waals surface area contributed by atoms with Crippen LogP contribution in [0, 0.1) is 0 Å². The van der Waals surface area contributed by atoms with E-state index in [1.165, 1.54) is 0 Å². The number of carbonyl (C=O) groups is 1. The van der Waals surface area contributed by atoms with Crippen LogP contribution >= 0.6 is 0 Å². The van der Waals surface area contributed by atoms with Crippen LogP contribution < -0.4 is 28.3 Å². The van der Waals surface area contributed by atoms with Gasteiger partial charge in [0.2, 0.25) is 0 Å². The lowest BCUT2D eigenvalue weighted by Crippen LogP contribution is -2.67. The number of hydrogen-bond acceptors (Lipinski definition) is 13. The van der Waals surface area contributed by atoms with Crippen molar-refractivity contribution in [3.8, 4) is 0 Å². The van der Waals surface area contributed by atoms with Crippen molar-refractivity contribution in [2.24, 2.45) is 22.9 Å². The van der Waals surface area contributed by atoms with Crippen molar-refractivity contribution in [1.82, 2.24) is 15.3 Å². The molecule has 2 fully saturated rings. The van der Waals surface area contributed by atoms with Crippen LogP contribution in [0.15, 0.2) is 42.7 Å². The fraction of sp³-hybridized carbons (Fsp3) is 0.581. The molecule has 10 unspecified atom stereocenters. The highest BCUT2D eigenvalue weighted by molar-refractivity contribution is 6.12. The highest BCUT2D eigenvalue weighted by atomic mass is 16.7. The Kier molecular flexibility index (Phi) is 11.3. The number of aliphatic hydroxyl groups excluding tert-OH is 3. The van der Waals surface area contributed by atoms with Crippen molar-refractivity contribution in [3.63, 3.8) is 0 Å². The number of amides is 1. The number of nitrogens with one attached hydrogen (secondary N) is 1. The summed E-state index contributed by atoms with van der Waals surface area (Å²) in [6.45, 7) is 0.791. The van der Waals surface area contributed by atoms with Crippen molar-refractivity contribution in [1.29, 1.82) is 0 Å². The molecule has 14 nitrogen and oxygen atoms in total. The zero-order valence-corrected chi connectivity index (χ0v) is 25.2. The standard InChI is InChI=1S/C31H45N7O7/c32-15-21-26(40)27(41)22(35)31(44-21)45-28-20(34)14-19(33)25(39)29(28)43-13-4-2-1-3-10-38-30(42)18-9-12-37-24-17(18)8-7-16-6-5-11-36-23(16)24/h5-9,11-12,19-22,25-29,31,39-41H,1-4,10,13-15,32-35H2,(H,38,42).